The molecule has 11 nitrogen and oxygen atoms in total. The molecule has 40 heavy (non-hydrogen) atoms. The summed E-state index contributed by atoms with van der Waals surface area (Å²) in [5.74, 6) is 1.46. The van der Waals surface area contributed by atoms with E-state index in [2.05, 4.69) is 37.7 Å². The first kappa shape index (κ1) is 26.4. The topological polar surface area (TPSA) is 127 Å². The number of nitroso groups, excluding NO2 is 1. The van der Waals surface area contributed by atoms with Gasteiger partial charge in [-0.3, -0.25) is 4.79 Å². The molecule has 0 spiro atoms. The first-order chi connectivity index (χ1) is 19.6. The van der Waals surface area contributed by atoms with Crippen LogP contribution in [-0.2, 0) is 19.5 Å². The Morgan fingerprint density at radius 3 is 2.83 bits per heavy atom. The molecular weight excluding hydrogens is 510 g/mol. The van der Waals surface area contributed by atoms with E-state index in [9.17, 15) is 9.70 Å². The van der Waals surface area contributed by atoms with Crippen molar-refractivity contribution in [2.75, 3.05) is 26.9 Å². The number of fused-ring (bicyclic) bond motifs is 4. The summed E-state index contributed by atoms with van der Waals surface area (Å²) in [6.07, 6.45) is 8.36. The van der Waals surface area contributed by atoms with Crippen LogP contribution in [0.2, 0.25) is 0 Å². The Labute approximate surface area is 231 Å². The van der Waals surface area contributed by atoms with Gasteiger partial charge >= 0.3 is 0 Å². The quantitative estimate of drug-likeness (QED) is 0.210. The molecule has 1 aliphatic carbocycles. The van der Waals surface area contributed by atoms with Crippen molar-refractivity contribution in [2.45, 2.75) is 64.1 Å². The van der Waals surface area contributed by atoms with Crippen LogP contribution < -0.4 is 20.3 Å². The molecule has 3 heterocycles. The highest BCUT2D eigenvalue weighted by molar-refractivity contribution is 5.91. The van der Waals surface area contributed by atoms with Gasteiger partial charge in [0.15, 0.2) is 11.5 Å². The van der Waals surface area contributed by atoms with Gasteiger partial charge in [-0.15, -0.1) is 10.0 Å². The molecule has 1 saturated carbocycles. The highest BCUT2D eigenvalue weighted by Crippen LogP contribution is 2.42. The molecule has 2 aromatic carbocycles. The third kappa shape index (κ3) is 5.31. The summed E-state index contributed by atoms with van der Waals surface area (Å²) in [6, 6.07) is 9.45. The number of aromatic amines is 1. The second kappa shape index (κ2) is 11.7. The van der Waals surface area contributed by atoms with Gasteiger partial charge in [0, 0.05) is 36.1 Å². The molecule has 1 fully saturated rings. The average Bonchev–Trinajstić information content (AvgIpc) is 3.63. The van der Waals surface area contributed by atoms with E-state index < -0.39 is 0 Å². The number of rotatable bonds is 11. The summed E-state index contributed by atoms with van der Waals surface area (Å²) < 4.78 is 13.7. The summed E-state index contributed by atoms with van der Waals surface area (Å²) in [5, 5.41) is 16.2. The van der Waals surface area contributed by atoms with Crippen molar-refractivity contribution in [1.29, 1.82) is 0 Å². The standard InChI is InChI=1S/C29H35N7O4/c1-35(21-6-3-2-4-7-21)14-5-15-36-27-24(32-34-36)16-20(28-29(27)40-18-39-28)17-30-13-12-19-8-10-23(33-38)26-22(19)9-11-25(37)31-26/h8-11,16,21,30H,2-7,12-15,17-18H2,1H3,(H,31,37). The molecular formula is C29H35N7O4. The fraction of sp³-hybridized carbons (Fsp3) is 0.483. The molecule has 0 atom stereocenters. The minimum absolute atomic E-state index is 0.179. The lowest BCUT2D eigenvalue weighted by Crippen LogP contribution is -2.34. The average molecular weight is 546 g/mol. The van der Waals surface area contributed by atoms with Crippen molar-refractivity contribution in [1.82, 2.24) is 30.2 Å². The second-order valence-corrected chi connectivity index (χ2v) is 10.8. The lowest BCUT2D eigenvalue weighted by atomic mass is 9.94. The van der Waals surface area contributed by atoms with Crippen LogP contribution in [0.4, 0.5) is 5.69 Å². The Hall–Kier alpha value is -3.83. The molecule has 6 rings (SSSR count). The van der Waals surface area contributed by atoms with Crippen molar-refractivity contribution in [3.8, 4) is 11.5 Å². The summed E-state index contributed by atoms with van der Waals surface area (Å²) in [4.78, 5) is 28.2. The van der Waals surface area contributed by atoms with Gasteiger partial charge in [-0.25, -0.2) is 4.68 Å². The number of H-pyrrole nitrogens is 1. The van der Waals surface area contributed by atoms with Gasteiger partial charge in [-0.05, 0) is 74.8 Å². The minimum Gasteiger partial charge on any atom is -0.453 e. The molecule has 0 bridgehead atoms. The first-order valence-corrected chi connectivity index (χ1v) is 14.2. The normalized spacial score (nSPS) is 15.4. The van der Waals surface area contributed by atoms with Gasteiger partial charge in [0.05, 0.1) is 5.52 Å². The van der Waals surface area contributed by atoms with Gasteiger partial charge in [-0.2, -0.15) is 0 Å². The van der Waals surface area contributed by atoms with E-state index in [1.54, 1.807) is 12.1 Å². The lowest BCUT2D eigenvalue weighted by Gasteiger charge is -2.31. The fourth-order valence-electron chi connectivity index (χ4n) is 6.08. The van der Waals surface area contributed by atoms with Crippen LogP contribution in [0.1, 0.15) is 49.7 Å². The van der Waals surface area contributed by atoms with E-state index in [1.165, 1.54) is 38.2 Å². The van der Waals surface area contributed by atoms with Gasteiger partial charge in [0.2, 0.25) is 12.4 Å². The van der Waals surface area contributed by atoms with Crippen LogP contribution in [-0.4, -0.2) is 57.8 Å². The van der Waals surface area contributed by atoms with E-state index in [0.717, 1.165) is 52.8 Å². The Morgan fingerprint density at radius 1 is 1.12 bits per heavy atom. The number of aryl methyl sites for hydroxylation is 1. The van der Waals surface area contributed by atoms with Crippen LogP contribution in [0.5, 0.6) is 11.5 Å². The van der Waals surface area contributed by atoms with Crippen LogP contribution in [0.15, 0.2) is 40.3 Å². The molecule has 0 unspecified atom stereocenters. The Morgan fingerprint density at radius 2 is 1.98 bits per heavy atom. The van der Waals surface area contributed by atoms with Crippen molar-refractivity contribution < 1.29 is 9.47 Å². The highest BCUT2D eigenvalue weighted by Gasteiger charge is 2.25. The molecule has 0 radical (unpaired) electrons. The Bertz CT molecular complexity index is 1570. The Balaban J connectivity index is 1.11. The molecule has 2 N–H and O–H groups in total. The maximum absolute atomic E-state index is 11.8. The number of aromatic nitrogens is 4. The largest absolute Gasteiger partial charge is 0.453 e. The highest BCUT2D eigenvalue weighted by atomic mass is 16.7. The summed E-state index contributed by atoms with van der Waals surface area (Å²) in [5.41, 5.74) is 4.12. The van der Waals surface area contributed by atoms with E-state index in [0.29, 0.717) is 36.8 Å². The van der Waals surface area contributed by atoms with Gasteiger partial charge in [0.1, 0.15) is 16.7 Å². The zero-order valence-electron chi connectivity index (χ0n) is 22.8. The SMILES string of the molecule is CN(CCCn1nnc2cc(CNCCc3ccc(N=O)c4[nH]c(=O)ccc34)c3c(c21)OCO3)C1CCCCC1. The van der Waals surface area contributed by atoms with E-state index in [1.807, 2.05) is 16.8 Å². The zero-order valence-corrected chi connectivity index (χ0v) is 22.8. The predicted molar refractivity (Wildman–Crippen MR) is 153 cm³/mol. The summed E-state index contributed by atoms with van der Waals surface area (Å²) in [6.45, 7) is 3.24. The maximum atomic E-state index is 11.8. The molecule has 11 heteroatoms. The van der Waals surface area contributed by atoms with Gasteiger partial charge < -0.3 is 24.7 Å². The third-order valence-corrected chi connectivity index (χ3v) is 8.22. The van der Waals surface area contributed by atoms with Gasteiger partial charge in [-0.1, -0.05) is 30.5 Å². The molecule has 1 aliphatic heterocycles. The monoisotopic (exact) mass is 545 g/mol. The van der Waals surface area contributed by atoms with Crippen molar-refractivity contribution in [2.24, 2.45) is 5.18 Å². The van der Waals surface area contributed by atoms with E-state index >= 15 is 0 Å². The number of ether oxygens (including phenoxy) is 2. The molecule has 2 aromatic heterocycles. The lowest BCUT2D eigenvalue weighted by molar-refractivity contribution is 0.173. The Kier molecular flexibility index (Phi) is 7.74. The zero-order chi connectivity index (χ0) is 27.5. The van der Waals surface area contributed by atoms with Crippen LogP contribution in [0.25, 0.3) is 21.9 Å². The molecule has 0 amide bonds. The van der Waals surface area contributed by atoms with Gasteiger partial charge in [0.25, 0.3) is 0 Å². The maximum Gasteiger partial charge on any atom is 0.248 e. The number of benzene rings is 2. The number of nitrogens with zero attached hydrogens (tertiary/aromatic N) is 5. The molecule has 2 aliphatic rings. The molecule has 4 aromatic rings. The van der Waals surface area contributed by atoms with Crippen molar-refractivity contribution in [3.05, 3.63) is 56.7 Å². The third-order valence-electron chi connectivity index (χ3n) is 8.22. The fourth-order valence-corrected chi connectivity index (χ4v) is 6.08. The summed E-state index contributed by atoms with van der Waals surface area (Å²) in [7, 11) is 2.24. The van der Waals surface area contributed by atoms with Crippen molar-refractivity contribution in [3.63, 3.8) is 0 Å². The molecule has 0 saturated heterocycles. The van der Waals surface area contributed by atoms with E-state index in [-0.39, 0.29) is 18.0 Å². The smallest absolute Gasteiger partial charge is 0.248 e. The summed E-state index contributed by atoms with van der Waals surface area (Å²) >= 11 is 0. The molecule has 210 valence electrons. The minimum atomic E-state index is -0.261. The van der Waals surface area contributed by atoms with Crippen LogP contribution in [0, 0.1) is 4.91 Å². The number of hydrogen-bond donors (Lipinski definition) is 2. The van der Waals surface area contributed by atoms with Crippen LogP contribution in [0.3, 0.4) is 0 Å². The first-order valence-electron chi connectivity index (χ1n) is 14.2. The number of nitrogens with one attached hydrogen (secondary N) is 2. The van der Waals surface area contributed by atoms with E-state index in [4.69, 9.17) is 9.47 Å². The number of pyridine rings is 1. The van der Waals surface area contributed by atoms with Crippen LogP contribution >= 0.6 is 0 Å². The second-order valence-electron chi connectivity index (χ2n) is 10.8. The number of hydrogen-bond acceptors (Lipinski definition) is 9. The predicted octanol–water partition coefficient (Wildman–Crippen LogP) is 4.39. The van der Waals surface area contributed by atoms with Crippen molar-refractivity contribution >= 4 is 27.6 Å².